The van der Waals surface area contributed by atoms with Gasteiger partial charge < -0.3 is 20.9 Å². The number of nitrogens with zero attached hydrogens (tertiary/aromatic N) is 3. The number of fused-ring (bicyclic) bond motifs is 3. The van der Waals surface area contributed by atoms with Gasteiger partial charge in [0, 0.05) is 30.9 Å². The SMILES string of the molecule is C[C@@H]1CCNC[C@@H]1n1nc(NC(=O)C(=O)NCC2CC2)c2cnc3[nH]ccc3c21. The van der Waals surface area contributed by atoms with Gasteiger partial charge in [0.2, 0.25) is 0 Å². The van der Waals surface area contributed by atoms with E-state index in [0.29, 0.717) is 24.2 Å². The maximum Gasteiger partial charge on any atom is 0.314 e. The number of rotatable bonds is 4. The topological polar surface area (TPSA) is 117 Å². The normalized spacial score (nSPS) is 22.1. The van der Waals surface area contributed by atoms with Crippen LogP contribution in [0.2, 0.25) is 0 Å². The number of pyridine rings is 1. The van der Waals surface area contributed by atoms with Gasteiger partial charge in [-0.05, 0) is 43.7 Å². The van der Waals surface area contributed by atoms with Crippen LogP contribution in [0.25, 0.3) is 21.9 Å². The van der Waals surface area contributed by atoms with Crippen molar-refractivity contribution in [2.75, 3.05) is 25.0 Å². The van der Waals surface area contributed by atoms with E-state index in [1.807, 2.05) is 16.9 Å². The van der Waals surface area contributed by atoms with Crippen molar-refractivity contribution in [3.8, 4) is 0 Å². The molecule has 1 saturated carbocycles. The summed E-state index contributed by atoms with van der Waals surface area (Å²) in [6.45, 7) is 4.57. The van der Waals surface area contributed by atoms with Crippen LogP contribution < -0.4 is 16.0 Å². The lowest BCUT2D eigenvalue weighted by molar-refractivity contribution is -0.136. The number of anilines is 1. The molecule has 9 nitrogen and oxygen atoms in total. The maximum absolute atomic E-state index is 12.4. The van der Waals surface area contributed by atoms with E-state index >= 15 is 0 Å². The van der Waals surface area contributed by atoms with Gasteiger partial charge in [-0.1, -0.05) is 6.92 Å². The first-order valence-corrected chi connectivity index (χ1v) is 10.3. The summed E-state index contributed by atoms with van der Waals surface area (Å²) in [7, 11) is 0. The fourth-order valence-electron chi connectivity index (χ4n) is 4.06. The Morgan fingerprint density at radius 2 is 2.10 bits per heavy atom. The van der Waals surface area contributed by atoms with Gasteiger partial charge in [0.1, 0.15) is 5.65 Å². The first-order chi connectivity index (χ1) is 14.1. The smallest absolute Gasteiger partial charge is 0.314 e. The molecule has 1 aliphatic heterocycles. The lowest BCUT2D eigenvalue weighted by atomic mass is 9.95. The number of carbonyl (C=O) groups excluding carboxylic acids is 2. The molecule has 9 heteroatoms. The second kappa shape index (κ2) is 7.14. The van der Waals surface area contributed by atoms with Gasteiger partial charge >= 0.3 is 11.8 Å². The molecule has 0 aromatic carbocycles. The minimum atomic E-state index is -0.693. The van der Waals surface area contributed by atoms with Crippen molar-refractivity contribution in [3.63, 3.8) is 0 Å². The molecule has 1 saturated heterocycles. The Kier molecular flexibility index (Phi) is 4.46. The molecule has 0 radical (unpaired) electrons. The van der Waals surface area contributed by atoms with Crippen LogP contribution in [-0.2, 0) is 9.59 Å². The van der Waals surface area contributed by atoms with Crippen molar-refractivity contribution in [2.45, 2.75) is 32.2 Å². The van der Waals surface area contributed by atoms with Gasteiger partial charge in [-0.25, -0.2) is 4.98 Å². The van der Waals surface area contributed by atoms with E-state index in [1.165, 1.54) is 0 Å². The van der Waals surface area contributed by atoms with Gasteiger partial charge in [-0.2, -0.15) is 5.10 Å². The Morgan fingerprint density at radius 1 is 1.24 bits per heavy atom. The zero-order chi connectivity index (χ0) is 20.0. The van der Waals surface area contributed by atoms with Gasteiger partial charge in [0.05, 0.1) is 16.9 Å². The number of hydrogen-bond donors (Lipinski definition) is 4. The molecule has 0 unspecified atom stereocenters. The lowest BCUT2D eigenvalue weighted by Gasteiger charge is -2.30. The molecular formula is C20H25N7O2. The van der Waals surface area contributed by atoms with E-state index in [2.05, 4.69) is 32.8 Å². The van der Waals surface area contributed by atoms with E-state index in [4.69, 9.17) is 5.10 Å². The quantitative estimate of drug-likeness (QED) is 0.500. The summed E-state index contributed by atoms with van der Waals surface area (Å²) in [5.74, 6) is 0.00848. The summed E-state index contributed by atoms with van der Waals surface area (Å²) in [6.07, 6.45) is 6.83. The van der Waals surface area contributed by atoms with Crippen molar-refractivity contribution in [1.82, 2.24) is 30.4 Å². The van der Waals surface area contributed by atoms with Crippen LogP contribution in [0.4, 0.5) is 5.82 Å². The third-order valence-electron chi connectivity index (χ3n) is 6.04. The zero-order valence-corrected chi connectivity index (χ0v) is 16.4. The van der Waals surface area contributed by atoms with Crippen molar-refractivity contribution in [2.24, 2.45) is 11.8 Å². The second-order valence-corrected chi connectivity index (χ2v) is 8.20. The summed E-state index contributed by atoms with van der Waals surface area (Å²) in [5, 5.41) is 15.3. The predicted molar refractivity (Wildman–Crippen MR) is 109 cm³/mol. The number of H-pyrrole nitrogens is 1. The highest BCUT2D eigenvalue weighted by Gasteiger charge is 2.29. The monoisotopic (exact) mass is 395 g/mol. The molecule has 29 heavy (non-hydrogen) atoms. The Hall–Kier alpha value is -2.94. The number of nitrogens with one attached hydrogen (secondary N) is 4. The minimum absolute atomic E-state index is 0.154. The molecule has 0 bridgehead atoms. The summed E-state index contributed by atoms with van der Waals surface area (Å²) in [6, 6.07) is 2.12. The van der Waals surface area contributed by atoms with Gasteiger partial charge in [-0.3, -0.25) is 14.3 Å². The summed E-state index contributed by atoms with van der Waals surface area (Å²) in [4.78, 5) is 32.2. The fourth-order valence-corrected chi connectivity index (χ4v) is 4.06. The number of aromatic amines is 1. The molecule has 4 heterocycles. The third-order valence-corrected chi connectivity index (χ3v) is 6.04. The van der Waals surface area contributed by atoms with Crippen LogP contribution in [-0.4, -0.2) is 51.2 Å². The minimum Gasteiger partial charge on any atom is -0.348 e. The van der Waals surface area contributed by atoms with Gasteiger partial charge in [-0.15, -0.1) is 0 Å². The van der Waals surface area contributed by atoms with E-state index in [-0.39, 0.29) is 6.04 Å². The molecule has 3 aromatic heterocycles. The Labute approximate surface area is 167 Å². The van der Waals surface area contributed by atoms with Crippen LogP contribution in [0, 0.1) is 11.8 Å². The number of aromatic nitrogens is 4. The lowest BCUT2D eigenvalue weighted by Crippen LogP contribution is -2.38. The Bertz CT molecular complexity index is 1080. The summed E-state index contributed by atoms with van der Waals surface area (Å²) >= 11 is 0. The van der Waals surface area contributed by atoms with Crippen molar-refractivity contribution in [1.29, 1.82) is 0 Å². The molecule has 2 aliphatic rings. The highest BCUT2D eigenvalue weighted by atomic mass is 16.2. The van der Waals surface area contributed by atoms with Gasteiger partial charge in [0.15, 0.2) is 5.82 Å². The van der Waals surface area contributed by atoms with E-state index in [9.17, 15) is 9.59 Å². The third kappa shape index (κ3) is 3.35. The van der Waals surface area contributed by atoms with Crippen molar-refractivity contribution in [3.05, 3.63) is 18.5 Å². The molecule has 2 fully saturated rings. The van der Waals surface area contributed by atoms with E-state index in [1.54, 1.807) is 6.20 Å². The summed E-state index contributed by atoms with van der Waals surface area (Å²) in [5.41, 5.74) is 1.70. The number of piperidine rings is 1. The number of carbonyl (C=O) groups is 2. The van der Waals surface area contributed by atoms with Crippen molar-refractivity contribution < 1.29 is 9.59 Å². The molecule has 3 aromatic rings. The first kappa shape index (κ1) is 18.1. The fraction of sp³-hybridized carbons (Fsp3) is 0.500. The maximum atomic E-state index is 12.4. The molecule has 1 aliphatic carbocycles. The van der Waals surface area contributed by atoms with E-state index < -0.39 is 11.8 Å². The molecule has 2 amide bonds. The summed E-state index contributed by atoms with van der Waals surface area (Å²) < 4.78 is 1.99. The van der Waals surface area contributed by atoms with Crippen LogP contribution in [0.3, 0.4) is 0 Å². The zero-order valence-electron chi connectivity index (χ0n) is 16.4. The second-order valence-electron chi connectivity index (χ2n) is 8.20. The molecular weight excluding hydrogens is 370 g/mol. The first-order valence-electron chi connectivity index (χ1n) is 10.3. The largest absolute Gasteiger partial charge is 0.348 e. The van der Waals surface area contributed by atoms with Crippen molar-refractivity contribution >= 4 is 39.6 Å². The predicted octanol–water partition coefficient (Wildman–Crippen LogP) is 1.55. The standard InChI is InChI=1S/C20H25N7O2/c1-11-4-6-21-10-15(11)27-16-13-5-7-22-17(13)23-9-14(16)18(26-27)25-20(29)19(28)24-8-12-2-3-12/h5,7,9,11-12,15,21H,2-4,6,8,10H2,1H3,(H,22,23)(H,24,28)(H,25,26,29)/t11-,15+/m1/s1. The molecule has 152 valence electrons. The highest BCUT2D eigenvalue weighted by Crippen LogP contribution is 2.34. The van der Waals surface area contributed by atoms with Crippen LogP contribution in [0.1, 0.15) is 32.2 Å². The highest BCUT2D eigenvalue weighted by molar-refractivity contribution is 6.40. The van der Waals surface area contributed by atoms with E-state index in [0.717, 1.165) is 54.3 Å². The average Bonchev–Trinajstić information content (AvgIpc) is 3.30. The van der Waals surface area contributed by atoms with Crippen LogP contribution >= 0.6 is 0 Å². The Balaban J connectivity index is 1.51. The molecule has 5 rings (SSSR count). The molecule has 4 N–H and O–H groups in total. The number of amides is 2. The van der Waals surface area contributed by atoms with Gasteiger partial charge in [0.25, 0.3) is 0 Å². The average molecular weight is 395 g/mol. The van der Waals surface area contributed by atoms with Crippen LogP contribution in [0.15, 0.2) is 18.5 Å². The number of hydrogen-bond acceptors (Lipinski definition) is 5. The molecule has 2 atom stereocenters. The van der Waals surface area contributed by atoms with Crippen LogP contribution in [0.5, 0.6) is 0 Å². The molecule has 0 spiro atoms. The Morgan fingerprint density at radius 3 is 2.90 bits per heavy atom.